The summed E-state index contributed by atoms with van der Waals surface area (Å²) in [4.78, 5) is 1.74. The van der Waals surface area contributed by atoms with Crippen LogP contribution >= 0.6 is 11.6 Å². The molecule has 0 radical (unpaired) electrons. The lowest BCUT2D eigenvalue weighted by atomic mass is 10.3. The molecule has 3 N–H and O–H groups in total. The minimum atomic E-state index is 0.827. The molecule has 1 fully saturated rings. The van der Waals surface area contributed by atoms with E-state index in [1.54, 1.807) is 4.90 Å². The average molecular weight is 165 g/mol. The Morgan fingerprint density at radius 3 is 2.60 bits per heavy atom. The molecule has 1 aliphatic rings. The summed E-state index contributed by atoms with van der Waals surface area (Å²) in [6.07, 6.45) is 1.18. The molecule has 0 amide bonds. The van der Waals surface area contributed by atoms with E-state index < -0.39 is 0 Å². The van der Waals surface area contributed by atoms with Gasteiger partial charge in [-0.15, -0.1) is 11.6 Å². The second kappa shape index (κ2) is 4.94. The predicted molar refractivity (Wildman–Crippen MR) is 42.6 cm³/mol. The van der Waals surface area contributed by atoms with E-state index in [2.05, 4.69) is 5.32 Å². The van der Waals surface area contributed by atoms with E-state index in [9.17, 15) is 0 Å². The molecule has 0 unspecified atom stereocenters. The quantitative estimate of drug-likeness (QED) is 0.454. The Bertz CT molecular complexity index is 81.7. The van der Waals surface area contributed by atoms with Crippen LogP contribution in [0.5, 0.6) is 0 Å². The number of rotatable bonds is 3. The fraction of sp³-hybridized carbons (Fsp3) is 1.00. The highest BCUT2D eigenvalue weighted by Gasteiger charge is 2.13. The highest BCUT2D eigenvalue weighted by Crippen LogP contribution is 1.77. The van der Waals surface area contributed by atoms with Gasteiger partial charge in [0.05, 0.1) is 6.54 Å². The topological polar surface area (TPSA) is 21.1 Å². The van der Waals surface area contributed by atoms with Crippen LogP contribution in [-0.4, -0.2) is 38.6 Å². The first-order chi connectivity index (χ1) is 4.93. The number of hydrogen-bond donors (Lipinski definition) is 2. The number of alkyl halides is 1. The molecule has 0 aliphatic carbocycles. The Balaban J connectivity index is 2.02. The van der Waals surface area contributed by atoms with Crippen molar-refractivity contribution >= 4 is 11.6 Å². The minimum Gasteiger partial charge on any atom is -0.337 e. The second-order valence-corrected chi connectivity index (χ2v) is 3.29. The van der Waals surface area contributed by atoms with E-state index in [1.807, 2.05) is 0 Å². The molecule has 1 aliphatic heterocycles. The molecule has 1 saturated heterocycles. The van der Waals surface area contributed by atoms with Gasteiger partial charge in [-0.2, -0.15) is 0 Å². The molecule has 1 rings (SSSR count). The molecule has 1 heterocycles. The number of halogens is 1. The van der Waals surface area contributed by atoms with Crippen molar-refractivity contribution in [2.75, 3.05) is 38.6 Å². The zero-order valence-corrected chi connectivity index (χ0v) is 7.16. The van der Waals surface area contributed by atoms with Crippen molar-refractivity contribution in [3.63, 3.8) is 0 Å². The Labute approximate surface area is 67.5 Å². The Morgan fingerprint density at radius 2 is 2.00 bits per heavy atom. The van der Waals surface area contributed by atoms with Crippen molar-refractivity contribution in [1.29, 1.82) is 0 Å². The Kier molecular flexibility index (Phi) is 4.10. The van der Waals surface area contributed by atoms with Crippen LogP contribution in [0.25, 0.3) is 0 Å². The summed E-state index contributed by atoms with van der Waals surface area (Å²) in [5, 5.41) is 2.39. The zero-order valence-electron chi connectivity index (χ0n) is 6.41. The van der Waals surface area contributed by atoms with Crippen molar-refractivity contribution in [1.82, 2.24) is 0 Å². The van der Waals surface area contributed by atoms with Gasteiger partial charge in [-0.3, -0.25) is 0 Å². The van der Waals surface area contributed by atoms with Crippen molar-refractivity contribution in [2.24, 2.45) is 0 Å². The normalized spacial score (nSPS) is 21.3. The van der Waals surface area contributed by atoms with Crippen LogP contribution in [0.2, 0.25) is 0 Å². The molecule has 0 bridgehead atoms. The number of nitrogens with one attached hydrogen (secondary N) is 1. The van der Waals surface area contributed by atoms with Crippen LogP contribution in [-0.2, 0) is 0 Å². The third kappa shape index (κ3) is 2.86. The van der Waals surface area contributed by atoms with E-state index in [-0.39, 0.29) is 0 Å². The van der Waals surface area contributed by atoms with Crippen LogP contribution in [0.3, 0.4) is 0 Å². The summed E-state index contributed by atoms with van der Waals surface area (Å²) < 4.78 is 0. The first-order valence-corrected chi connectivity index (χ1v) is 4.68. The molecular formula is C7H17ClN2+2. The van der Waals surface area contributed by atoms with E-state index in [0.717, 1.165) is 5.88 Å². The SMILES string of the molecule is ClCCC[NH+]1CC[NH2+]CC1. The van der Waals surface area contributed by atoms with E-state index in [0.29, 0.717) is 0 Å². The summed E-state index contributed by atoms with van der Waals surface area (Å²) in [5.74, 6) is 0.827. The molecule has 0 aromatic heterocycles. The van der Waals surface area contributed by atoms with Crippen LogP contribution in [0.15, 0.2) is 0 Å². The summed E-state index contributed by atoms with van der Waals surface area (Å²) in [7, 11) is 0. The number of quaternary nitrogens is 2. The molecular weight excluding hydrogens is 148 g/mol. The summed E-state index contributed by atoms with van der Waals surface area (Å²) in [6.45, 7) is 6.54. The highest BCUT2D eigenvalue weighted by atomic mass is 35.5. The predicted octanol–water partition coefficient (Wildman–Crippen LogP) is -1.92. The van der Waals surface area contributed by atoms with Crippen molar-refractivity contribution < 1.29 is 10.2 Å². The molecule has 0 aromatic rings. The maximum absolute atomic E-state index is 5.60. The Morgan fingerprint density at radius 1 is 1.30 bits per heavy atom. The van der Waals surface area contributed by atoms with Crippen LogP contribution in [0.1, 0.15) is 6.42 Å². The minimum absolute atomic E-state index is 0.827. The van der Waals surface area contributed by atoms with Gasteiger partial charge in [0.1, 0.15) is 26.2 Å². The molecule has 60 valence electrons. The third-order valence-electron chi connectivity index (χ3n) is 2.07. The lowest BCUT2D eigenvalue weighted by Gasteiger charge is -2.21. The van der Waals surface area contributed by atoms with E-state index in [1.165, 1.54) is 39.1 Å². The first-order valence-electron chi connectivity index (χ1n) is 4.14. The van der Waals surface area contributed by atoms with Crippen LogP contribution in [0, 0.1) is 0 Å². The maximum Gasteiger partial charge on any atom is 0.127 e. The second-order valence-electron chi connectivity index (χ2n) is 2.91. The van der Waals surface area contributed by atoms with Gasteiger partial charge in [-0.1, -0.05) is 0 Å². The number of nitrogens with two attached hydrogens (primary N) is 1. The van der Waals surface area contributed by atoms with Gasteiger partial charge in [0.15, 0.2) is 0 Å². The van der Waals surface area contributed by atoms with Crippen LogP contribution in [0.4, 0.5) is 0 Å². The lowest BCUT2D eigenvalue weighted by molar-refractivity contribution is -0.946. The molecule has 0 aromatic carbocycles. The Hall–Kier alpha value is 0.210. The maximum atomic E-state index is 5.60. The van der Waals surface area contributed by atoms with Gasteiger partial charge in [-0.25, -0.2) is 0 Å². The van der Waals surface area contributed by atoms with Crippen molar-refractivity contribution in [2.45, 2.75) is 6.42 Å². The standard InChI is InChI=1S/C7H15ClN2/c8-2-1-5-10-6-3-9-4-7-10/h9H,1-7H2/p+2. The monoisotopic (exact) mass is 164 g/mol. The fourth-order valence-electron chi connectivity index (χ4n) is 1.45. The van der Waals surface area contributed by atoms with Crippen molar-refractivity contribution in [3.8, 4) is 0 Å². The molecule has 0 saturated carbocycles. The number of hydrogen-bond acceptors (Lipinski definition) is 0. The summed E-state index contributed by atoms with van der Waals surface area (Å²) in [6, 6.07) is 0. The van der Waals surface area contributed by atoms with E-state index in [4.69, 9.17) is 11.6 Å². The lowest BCUT2D eigenvalue weighted by Crippen LogP contribution is -3.20. The summed E-state index contributed by atoms with van der Waals surface area (Å²) >= 11 is 5.60. The van der Waals surface area contributed by atoms with Crippen molar-refractivity contribution in [3.05, 3.63) is 0 Å². The first kappa shape index (κ1) is 8.31. The molecule has 10 heavy (non-hydrogen) atoms. The van der Waals surface area contributed by atoms with Gasteiger partial charge >= 0.3 is 0 Å². The summed E-state index contributed by atoms with van der Waals surface area (Å²) in [5.41, 5.74) is 0. The largest absolute Gasteiger partial charge is 0.337 e. The zero-order chi connectivity index (χ0) is 7.23. The van der Waals surface area contributed by atoms with Gasteiger partial charge in [0, 0.05) is 12.3 Å². The molecule has 3 heteroatoms. The van der Waals surface area contributed by atoms with Gasteiger partial charge in [0.2, 0.25) is 0 Å². The fourth-order valence-corrected chi connectivity index (χ4v) is 1.58. The van der Waals surface area contributed by atoms with Gasteiger partial charge in [-0.05, 0) is 0 Å². The van der Waals surface area contributed by atoms with Crippen LogP contribution < -0.4 is 10.2 Å². The third-order valence-corrected chi connectivity index (χ3v) is 2.34. The van der Waals surface area contributed by atoms with Gasteiger partial charge in [0.25, 0.3) is 0 Å². The smallest absolute Gasteiger partial charge is 0.127 e. The van der Waals surface area contributed by atoms with E-state index >= 15 is 0 Å². The molecule has 0 spiro atoms. The number of piperazine rings is 1. The molecule has 0 atom stereocenters. The average Bonchev–Trinajstić information content (AvgIpc) is 2.03. The van der Waals surface area contributed by atoms with Gasteiger partial charge < -0.3 is 10.2 Å². The molecule has 2 nitrogen and oxygen atoms in total. The highest BCUT2D eigenvalue weighted by molar-refractivity contribution is 6.17.